The minimum absolute atomic E-state index is 0.178. The van der Waals surface area contributed by atoms with Gasteiger partial charge in [-0.15, -0.1) is 0 Å². The summed E-state index contributed by atoms with van der Waals surface area (Å²) in [5, 5.41) is 9.68. The zero-order valence-electron chi connectivity index (χ0n) is 8.28. The zero-order valence-corrected chi connectivity index (χ0v) is 8.28. The summed E-state index contributed by atoms with van der Waals surface area (Å²) in [6.45, 7) is 2.44. The Balaban J connectivity index is 2.59. The van der Waals surface area contributed by atoms with E-state index < -0.39 is 5.97 Å². The summed E-state index contributed by atoms with van der Waals surface area (Å²) < 4.78 is 5.39. The molecule has 4 heteroatoms. The van der Waals surface area contributed by atoms with Gasteiger partial charge < -0.3 is 14.8 Å². The molecule has 0 amide bonds. The van der Waals surface area contributed by atoms with E-state index in [-0.39, 0.29) is 5.69 Å². The van der Waals surface area contributed by atoms with Crippen molar-refractivity contribution in [1.82, 2.24) is 4.98 Å². The molecule has 1 aromatic carbocycles. The van der Waals surface area contributed by atoms with Crippen LogP contribution in [0.15, 0.2) is 24.3 Å². The molecule has 2 rings (SSSR count). The maximum Gasteiger partial charge on any atom is 0.352 e. The Kier molecular flexibility index (Phi) is 2.33. The average molecular weight is 205 g/mol. The van der Waals surface area contributed by atoms with E-state index in [2.05, 4.69) is 4.98 Å². The summed E-state index contributed by atoms with van der Waals surface area (Å²) in [5.41, 5.74) is 0.911. The summed E-state index contributed by atoms with van der Waals surface area (Å²) in [6.07, 6.45) is 0. The predicted molar refractivity (Wildman–Crippen MR) is 56.4 cm³/mol. The summed E-state index contributed by atoms with van der Waals surface area (Å²) >= 11 is 0. The monoisotopic (exact) mass is 205 g/mol. The van der Waals surface area contributed by atoms with Crippen molar-refractivity contribution < 1.29 is 14.6 Å². The number of carbonyl (C=O) groups is 1. The van der Waals surface area contributed by atoms with E-state index in [1.165, 1.54) is 0 Å². The molecular formula is C11H11NO3. The Bertz CT molecular complexity index is 502. The molecule has 0 bridgehead atoms. The second-order valence-corrected chi connectivity index (χ2v) is 3.14. The second kappa shape index (κ2) is 3.65. The van der Waals surface area contributed by atoms with Crippen molar-refractivity contribution >= 4 is 16.9 Å². The molecule has 1 aromatic heterocycles. The maximum absolute atomic E-state index is 10.8. The number of nitrogens with one attached hydrogen (secondary N) is 1. The van der Waals surface area contributed by atoms with Crippen molar-refractivity contribution in [3.05, 3.63) is 30.0 Å². The number of aromatic nitrogens is 1. The fourth-order valence-corrected chi connectivity index (χ4v) is 1.52. The first-order valence-electron chi connectivity index (χ1n) is 4.70. The molecule has 0 aliphatic carbocycles. The highest BCUT2D eigenvalue weighted by Gasteiger charge is 2.10. The van der Waals surface area contributed by atoms with Crippen LogP contribution in [0.1, 0.15) is 17.4 Å². The molecule has 78 valence electrons. The predicted octanol–water partition coefficient (Wildman–Crippen LogP) is 2.26. The lowest BCUT2D eigenvalue weighted by molar-refractivity contribution is 0.0691. The molecule has 0 saturated carbocycles. The Morgan fingerprint density at radius 2 is 2.33 bits per heavy atom. The minimum atomic E-state index is -0.964. The van der Waals surface area contributed by atoms with E-state index in [1.807, 2.05) is 25.1 Å². The van der Waals surface area contributed by atoms with Gasteiger partial charge in [-0.3, -0.25) is 0 Å². The summed E-state index contributed by atoms with van der Waals surface area (Å²) in [6, 6.07) is 7.10. The standard InChI is InChI=1S/C11H11NO3/c1-2-15-9-5-3-4-7-6-8(11(13)14)12-10(7)9/h3-6,12H,2H2,1H3,(H,13,14). The molecule has 0 saturated heterocycles. The van der Waals surface area contributed by atoms with E-state index in [4.69, 9.17) is 9.84 Å². The first-order valence-corrected chi connectivity index (χ1v) is 4.70. The molecule has 4 nitrogen and oxygen atoms in total. The molecule has 2 N–H and O–H groups in total. The number of para-hydroxylation sites is 1. The van der Waals surface area contributed by atoms with Crippen LogP contribution in [-0.4, -0.2) is 22.7 Å². The van der Waals surface area contributed by atoms with Gasteiger partial charge in [-0.2, -0.15) is 0 Å². The van der Waals surface area contributed by atoms with E-state index in [9.17, 15) is 4.79 Å². The quantitative estimate of drug-likeness (QED) is 0.807. The lowest BCUT2D eigenvalue weighted by Crippen LogP contribution is -1.95. The number of rotatable bonds is 3. The SMILES string of the molecule is CCOc1cccc2cc(C(=O)O)[nH]c12. The van der Waals surface area contributed by atoms with Crippen LogP contribution in [0, 0.1) is 0 Å². The van der Waals surface area contributed by atoms with Crippen LogP contribution in [0.3, 0.4) is 0 Å². The van der Waals surface area contributed by atoms with Crippen molar-refractivity contribution in [3.8, 4) is 5.75 Å². The van der Waals surface area contributed by atoms with Gasteiger partial charge in [0, 0.05) is 5.39 Å². The highest BCUT2D eigenvalue weighted by Crippen LogP contribution is 2.25. The number of fused-ring (bicyclic) bond motifs is 1. The van der Waals surface area contributed by atoms with Gasteiger partial charge in [0.05, 0.1) is 12.1 Å². The molecule has 0 aliphatic rings. The third-order valence-electron chi connectivity index (χ3n) is 2.15. The van der Waals surface area contributed by atoms with Gasteiger partial charge in [0.2, 0.25) is 0 Å². The molecule has 1 heterocycles. The first-order chi connectivity index (χ1) is 7.22. The van der Waals surface area contributed by atoms with Gasteiger partial charge in [0.1, 0.15) is 11.4 Å². The number of ether oxygens (including phenoxy) is 1. The van der Waals surface area contributed by atoms with Crippen molar-refractivity contribution in [2.45, 2.75) is 6.92 Å². The van der Waals surface area contributed by atoms with Crippen molar-refractivity contribution in [2.75, 3.05) is 6.61 Å². The van der Waals surface area contributed by atoms with Crippen LogP contribution < -0.4 is 4.74 Å². The van der Waals surface area contributed by atoms with Gasteiger partial charge in [-0.05, 0) is 19.1 Å². The van der Waals surface area contributed by atoms with Crippen molar-refractivity contribution in [1.29, 1.82) is 0 Å². The van der Waals surface area contributed by atoms with E-state index in [0.717, 1.165) is 10.9 Å². The number of hydrogen-bond acceptors (Lipinski definition) is 2. The Morgan fingerprint density at radius 1 is 1.53 bits per heavy atom. The molecule has 0 aliphatic heterocycles. The molecule has 0 spiro atoms. The number of carboxylic acids is 1. The first kappa shape index (κ1) is 9.58. The van der Waals surface area contributed by atoms with Crippen LogP contribution in [0.4, 0.5) is 0 Å². The third kappa shape index (κ3) is 1.66. The number of benzene rings is 1. The highest BCUT2D eigenvalue weighted by atomic mass is 16.5. The van der Waals surface area contributed by atoms with Crippen LogP contribution in [0.25, 0.3) is 10.9 Å². The van der Waals surface area contributed by atoms with Gasteiger partial charge in [-0.25, -0.2) is 4.79 Å². The molecule has 0 unspecified atom stereocenters. The lowest BCUT2D eigenvalue weighted by Gasteiger charge is -2.03. The molecule has 0 fully saturated rings. The van der Waals surface area contributed by atoms with E-state index in [1.54, 1.807) is 6.07 Å². The van der Waals surface area contributed by atoms with Gasteiger partial charge in [0.25, 0.3) is 0 Å². The van der Waals surface area contributed by atoms with E-state index in [0.29, 0.717) is 12.4 Å². The molecule has 0 atom stereocenters. The number of H-pyrrole nitrogens is 1. The topological polar surface area (TPSA) is 62.3 Å². The van der Waals surface area contributed by atoms with E-state index >= 15 is 0 Å². The molecular weight excluding hydrogens is 194 g/mol. The highest BCUT2D eigenvalue weighted by molar-refractivity contribution is 5.95. The largest absolute Gasteiger partial charge is 0.492 e. The van der Waals surface area contributed by atoms with Gasteiger partial charge in [0.15, 0.2) is 0 Å². The second-order valence-electron chi connectivity index (χ2n) is 3.14. The van der Waals surface area contributed by atoms with Crippen molar-refractivity contribution in [2.24, 2.45) is 0 Å². The summed E-state index contributed by atoms with van der Waals surface area (Å²) in [7, 11) is 0. The Morgan fingerprint density at radius 3 is 3.00 bits per heavy atom. The maximum atomic E-state index is 10.8. The number of hydrogen-bond donors (Lipinski definition) is 2. The molecule has 0 radical (unpaired) electrons. The van der Waals surface area contributed by atoms with Crippen LogP contribution in [-0.2, 0) is 0 Å². The molecule has 15 heavy (non-hydrogen) atoms. The van der Waals surface area contributed by atoms with Crippen LogP contribution in [0.5, 0.6) is 5.75 Å². The number of carboxylic acid groups (broad SMARTS) is 1. The van der Waals surface area contributed by atoms with Crippen LogP contribution in [0.2, 0.25) is 0 Å². The van der Waals surface area contributed by atoms with Gasteiger partial charge >= 0.3 is 5.97 Å². The fourth-order valence-electron chi connectivity index (χ4n) is 1.52. The number of aromatic amines is 1. The normalized spacial score (nSPS) is 10.5. The number of aromatic carboxylic acids is 1. The van der Waals surface area contributed by atoms with Crippen LogP contribution >= 0.6 is 0 Å². The Labute approximate surface area is 86.5 Å². The third-order valence-corrected chi connectivity index (χ3v) is 2.15. The fraction of sp³-hybridized carbons (Fsp3) is 0.182. The summed E-state index contributed by atoms with van der Waals surface area (Å²) in [4.78, 5) is 13.6. The lowest BCUT2D eigenvalue weighted by atomic mass is 10.2. The van der Waals surface area contributed by atoms with Gasteiger partial charge in [-0.1, -0.05) is 12.1 Å². The summed E-state index contributed by atoms with van der Waals surface area (Å²) in [5.74, 6) is -0.281. The smallest absolute Gasteiger partial charge is 0.352 e. The molecule has 2 aromatic rings. The zero-order chi connectivity index (χ0) is 10.8. The average Bonchev–Trinajstić information content (AvgIpc) is 2.63. The van der Waals surface area contributed by atoms with Crippen molar-refractivity contribution in [3.63, 3.8) is 0 Å². The Hall–Kier alpha value is -1.97. The minimum Gasteiger partial charge on any atom is -0.492 e.